The summed E-state index contributed by atoms with van der Waals surface area (Å²) in [6.45, 7) is 5.59. The van der Waals surface area contributed by atoms with Crippen molar-refractivity contribution in [3.63, 3.8) is 0 Å². The molecule has 2 N–H and O–H groups in total. The van der Waals surface area contributed by atoms with E-state index in [1.165, 1.54) is 0 Å². The molecule has 1 aliphatic heterocycles. The van der Waals surface area contributed by atoms with Gasteiger partial charge in [0.1, 0.15) is 13.2 Å². The van der Waals surface area contributed by atoms with Gasteiger partial charge in [0.15, 0.2) is 11.5 Å². The lowest BCUT2D eigenvalue weighted by Crippen LogP contribution is -2.21. The maximum atomic E-state index is 10.3. The van der Waals surface area contributed by atoms with E-state index in [4.69, 9.17) is 21.1 Å². The number of hydrogen-bond acceptors (Lipinski definition) is 5. The zero-order chi connectivity index (χ0) is 16.2. The zero-order valence-electron chi connectivity index (χ0n) is 12.5. The third-order valence-corrected chi connectivity index (χ3v) is 3.79. The second kappa shape index (κ2) is 7.04. The number of nitrogens with one attached hydrogen (secondary N) is 1. The molecule has 0 fully saturated rings. The summed E-state index contributed by atoms with van der Waals surface area (Å²) >= 11 is 6.18. The minimum Gasteiger partial charge on any atom is -0.486 e. The molecule has 0 saturated heterocycles. The molecule has 0 aliphatic carbocycles. The largest absolute Gasteiger partial charge is 0.486 e. The Morgan fingerprint density at radius 1 is 1.43 bits per heavy atom. The highest BCUT2D eigenvalue weighted by atomic mass is 35.5. The molecular formula is C16H18ClN3O3. The predicted molar refractivity (Wildman–Crippen MR) is 87.7 cm³/mol. The van der Waals surface area contributed by atoms with Crippen molar-refractivity contribution >= 4 is 17.8 Å². The lowest BCUT2D eigenvalue weighted by Gasteiger charge is -2.21. The van der Waals surface area contributed by atoms with E-state index < -0.39 is 6.10 Å². The normalized spacial score (nSPS) is 14.5. The van der Waals surface area contributed by atoms with Gasteiger partial charge in [-0.3, -0.25) is 0 Å². The summed E-state index contributed by atoms with van der Waals surface area (Å²) < 4.78 is 12.6. The number of fused-ring (bicyclic) bond motifs is 1. The number of nitrogens with zero attached hydrogens (tertiary/aromatic N) is 2. The summed E-state index contributed by atoms with van der Waals surface area (Å²) in [5, 5.41) is 18.1. The number of benzene rings is 1. The van der Waals surface area contributed by atoms with Gasteiger partial charge >= 0.3 is 0 Å². The Hall–Kier alpha value is -2.02. The number of rotatable bonds is 6. The fraction of sp³-hybridized carbons (Fsp3) is 0.312. The van der Waals surface area contributed by atoms with Crippen LogP contribution in [-0.4, -0.2) is 34.6 Å². The maximum Gasteiger partial charge on any atom is 0.179 e. The maximum absolute atomic E-state index is 10.3. The van der Waals surface area contributed by atoms with E-state index in [9.17, 15) is 5.11 Å². The molecule has 0 amide bonds. The standard InChI is InChI=1S/C16H18ClN3O3/c1-2-20-10-11(8-19-20)7-18-9-14(21)12-5-13(17)16-15(6-12)22-3-4-23-16/h2,5-6,8,10,14,18,21H,1,3-4,7,9H2/t14-/m1/s1. The first kappa shape index (κ1) is 15.9. The summed E-state index contributed by atoms with van der Waals surface area (Å²) in [6, 6.07) is 3.47. The second-order valence-electron chi connectivity index (χ2n) is 5.18. The predicted octanol–water partition coefficient (Wildman–Crippen LogP) is 2.23. The molecule has 0 radical (unpaired) electrons. The number of ether oxygens (including phenoxy) is 2. The number of halogens is 1. The van der Waals surface area contributed by atoms with Crippen LogP contribution in [0.2, 0.25) is 5.02 Å². The molecule has 2 heterocycles. The van der Waals surface area contributed by atoms with E-state index in [0.717, 1.165) is 5.56 Å². The molecule has 0 saturated carbocycles. The van der Waals surface area contributed by atoms with Crippen molar-refractivity contribution < 1.29 is 14.6 Å². The Labute approximate surface area is 139 Å². The minimum atomic E-state index is -0.697. The van der Waals surface area contributed by atoms with Gasteiger partial charge in [0.2, 0.25) is 0 Å². The van der Waals surface area contributed by atoms with Crippen LogP contribution in [0.25, 0.3) is 6.20 Å². The Balaban J connectivity index is 1.60. The smallest absolute Gasteiger partial charge is 0.179 e. The summed E-state index contributed by atoms with van der Waals surface area (Å²) in [7, 11) is 0. The van der Waals surface area contributed by atoms with Crippen molar-refractivity contribution in [1.29, 1.82) is 0 Å². The molecule has 1 aromatic carbocycles. The van der Waals surface area contributed by atoms with Crippen LogP contribution in [0.15, 0.2) is 31.1 Å². The third kappa shape index (κ3) is 3.67. The lowest BCUT2D eigenvalue weighted by atomic mass is 10.1. The molecule has 0 bridgehead atoms. The van der Waals surface area contributed by atoms with E-state index in [0.29, 0.717) is 48.4 Å². The van der Waals surface area contributed by atoms with Gasteiger partial charge in [-0.2, -0.15) is 5.10 Å². The topological polar surface area (TPSA) is 68.5 Å². The lowest BCUT2D eigenvalue weighted by molar-refractivity contribution is 0.163. The van der Waals surface area contributed by atoms with E-state index in [1.54, 1.807) is 29.2 Å². The van der Waals surface area contributed by atoms with Gasteiger partial charge < -0.3 is 19.9 Å². The highest BCUT2D eigenvalue weighted by Crippen LogP contribution is 2.39. The molecule has 1 aliphatic rings. The van der Waals surface area contributed by atoms with Crippen LogP contribution < -0.4 is 14.8 Å². The van der Waals surface area contributed by atoms with Crippen LogP contribution in [0, 0.1) is 0 Å². The Morgan fingerprint density at radius 2 is 2.26 bits per heavy atom. The summed E-state index contributed by atoms with van der Waals surface area (Å²) in [5.41, 5.74) is 1.70. The van der Waals surface area contributed by atoms with Crippen molar-refractivity contribution in [2.24, 2.45) is 0 Å². The molecule has 2 aromatic rings. The van der Waals surface area contributed by atoms with Crippen molar-refractivity contribution in [3.05, 3.63) is 47.3 Å². The van der Waals surface area contributed by atoms with E-state index in [2.05, 4.69) is 17.0 Å². The molecule has 1 aromatic heterocycles. The van der Waals surface area contributed by atoms with E-state index in [1.807, 2.05) is 6.20 Å². The second-order valence-corrected chi connectivity index (χ2v) is 5.59. The quantitative estimate of drug-likeness (QED) is 0.847. The number of aliphatic hydroxyl groups excluding tert-OH is 1. The van der Waals surface area contributed by atoms with E-state index in [-0.39, 0.29) is 0 Å². The molecular weight excluding hydrogens is 318 g/mol. The monoisotopic (exact) mass is 335 g/mol. The van der Waals surface area contributed by atoms with Crippen molar-refractivity contribution in [1.82, 2.24) is 15.1 Å². The van der Waals surface area contributed by atoms with Gasteiger partial charge in [-0.15, -0.1) is 0 Å². The Bertz CT molecular complexity index is 702. The highest BCUT2D eigenvalue weighted by Gasteiger charge is 2.19. The highest BCUT2D eigenvalue weighted by molar-refractivity contribution is 6.32. The number of aliphatic hydroxyl groups is 1. The van der Waals surface area contributed by atoms with Gasteiger partial charge in [-0.05, 0) is 17.7 Å². The molecule has 0 unspecified atom stereocenters. The molecule has 23 heavy (non-hydrogen) atoms. The number of aromatic nitrogens is 2. The van der Waals surface area contributed by atoms with Crippen LogP contribution in [0.3, 0.4) is 0 Å². The minimum absolute atomic E-state index is 0.384. The van der Waals surface area contributed by atoms with Crippen molar-refractivity contribution in [2.75, 3.05) is 19.8 Å². The summed E-state index contributed by atoms with van der Waals surface area (Å²) in [5.74, 6) is 1.11. The first-order valence-corrected chi connectivity index (χ1v) is 7.68. The Kier molecular flexibility index (Phi) is 4.85. The van der Waals surface area contributed by atoms with Gasteiger partial charge in [0.25, 0.3) is 0 Å². The fourth-order valence-electron chi connectivity index (χ4n) is 2.36. The van der Waals surface area contributed by atoms with Gasteiger partial charge in [0.05, 0.1) is 17.3 Å². The molecule has 6 nitrogen and oxygen atoms in total. The average molecular weight is 336 g/mol. The molecule has 7 heteroatoms. The van der Waals surface area contributed by atoms with Crippen LogP contribution in [0.1, 0.15) is 17.2 Å². The van der Waals surface area contributed by atoms with Crippen LogP contribution in [-0.2, 0) is 6.54 Å². The molecule has 0 spiro atoms. The average Bonchev–Trinajstić information content (AvgIpc) is 3.02. The first-order valence-electron chi connectivity index (χ1n) is 7.31. The molecule has 3 rings (SSSR count). The first-order chi connectivity index (χ1) is 11.2. The number of hydrogen-bond donors (Lipinski definition) is 2. The van der Waals surface area contributed by atoms with Crippen LogP contribution in [0.4, 0.5) is 0 Å². The van der Waals surface area contributed by atoms with Gasteiger partial charge in [0, 0.05) is 31.0 Å². The molecule has 1 atom stereocenters. The Morgan fingerprint density at radius 3 is 3.04 bits per heavy atom. The molecule has 122 valence electrons. The third-order valence-electron chi connectivity index (χ3n) is 3.51. The van der Waals surface area contributed by atoms with E-state index >= 15 is 0 Å². The summed E-state index contributed by atoms with van der Waals surface area (Å²) in [4.78, 5) is 0. The van der Waals surface area contributed by atoms with Crippen molar-refractivity contribution in [3.8, 4) is 11.5 Å². The zero-order valence-corrected chi connectivity index (χ0v) is 13.3. The van der Waals surface area contributed by atoms with Crippen LogP contribution in [0.5, 0.6) is 11.5 Å². The SMILES string of the molecule is C=Cn1cc(CNC[C@@H](O)c2cc(Cl)c3c(c2)OCCO3)cn1. The fourth-order valence-corrected chi connectivity index (χ4v) is 2.64. The van der Waals surface area contributed by atoms with Gasteiger partial charge in [-0.25, -0.2) is 4.68 Å². The summed E-state index contributed by atoms with van der Waals surface area (Å²) in [6.07, 6.45) is 4.54. The van der Waals surface area contributed by atoms with Crippen molar-refractivity contribution in [2.45, 2.75) is 12.6 Å². The van der Waals surface area contributed by atoms with Crippen LogP contribution >= 0.6 is 11.6 Å². The van der Waals surface area contributed by atoms with Gasteiger partial charge in [-0.1, -0.05) is 18.2 Å².